The van der Waals surface area contributed by atoms with Crippen molar-refractivity contribution >= 4 is 16.7 Å². The van der Waals surface area contributed by atoms with Crippen molar-refractivity contribution in [3.05, 3.63) is 30.0 Å². The van der Waals surface area contributed by atoms with Gasteiger partial charge in [-0.1, -0.05) is 12.1 Å². The fourth-order valence-electron chi connectivity index (χ4n) is 3.05. The van der Waals surface area contributed by atoms with Crippen molar-refractivity contribution in [3.8, 4) is 23.3 Å². The smallest absolute Gasteiger partial charge is 0.388 e. The number of nitrogens with one attached hydrogen (secondary N) is 3. The lowest BCUT2D eigenvalue weighted by molar-refractivity contribution is -0.0524. The highest BCUT2D eigenvalue weighted by Gasteiger charge is 2.21. The molecule has 8 nitrogen and oxygen atoms in total. The SMILES string of the molecule is N#Cc1cccc2c(-c3cnc(NC4CCNC4)c(OC(F)F)n3)[nH]nc12. The number of fused-ring (bicyclic) bond motifs is 1. The van der Waals surface area contributed by atoms with Gasteiger partial charge in [-0.2, -0.15) is 19.1 Å². The number of benzene rings is 1. The molecule has 0 radical (unpaired) electrons. The highest BCUT2D eigenvalue weighted by molar-refractivity contribution is 5.94. The molecule has 4 rings (SSSR count). The molecule has 10 heteroatoms. The Bertz CT molecular complexity index is 1010. The van der Waals surface area contributed by atoms with E-state index < -0.39 is 6.61 Å². The maximum Gasteiger partial charge on any atom is 0.388 e. The first-order valence-corrected chi connectivity index (χ1v) is 8.32. The van der Waals surface area contributed by atoms with Gasteiger partial charge in [-0.15, -0.1) is 0 Å². The van der Waals surface area contributed by atoms with Crippen LogP contribution in [-0.4, -0.2) is 45.9 Å². The first-order chi connectivity index (χ1) is 13.2. The lowest BCUT2D eigenvalue weighted by Crippen LogP contribution is -2.23. The molecule has 0 spiro atoms. The predicted octanol–water partition coefficient (Wildman–Crippen LogP) is 2.27. The van der Waals surface area contributed by atoms with Crippen LogP contribution in [0, 0.1) is 11.3 Å². The van der Waals surface area contributed by atoms with Gasteiger partial charge in [0.05, 0.1) is 17.5 Å². The molecular weight excluding hydrogens is 356 g/mol. The summed E-state index contributed by atoms with van der Waals surface area (Å²) in [5, 5.41) is 23.0. The standard InChI is InChI=1S/C17H15F2N7O/c18-17(19)27-16-15(23-10-4-5-21-7-10)22-8-12(24-16)14-11-3-1-2-9(6-20)13(11)25-26-14/h1-3,8,10,17,21H,4-5,7H2,(H,22,23)(H,25,26). The second-order valence-corrected chi connectivity index (χ2v) is 6.03. The van der Waals surface area contributed by atoms with Crippen LogP contribution in [-0.2, 0) is 0 Å². The average Bonchev–Trinajstić information content (AvgIpc) is 3.32. The van der Waals surface area contributed by atoms with E-state index in [4.69, 9.17) is 0 Å². The quantitative estimate of drug-likeness (QED) is 0.631. The van der Waals surface area contributed by atoms with Gasteiger partial charge in [0.1, 0.15) is 17.3 Å². The van der Waals surface area contributed by atoms with Crippen LogP contribution in [0.5, 0.6) is 5.88 Å². The van der Waals surface area contributed by atoms with E-state index in [0.29, 0.717) is 34.4 Å². The van der Waals surface area contributed by atoms with Crippen molar-refractivity contribution in [2.75, 3.05) is 18.4 Å². The highest BCUT2D eigenvalue weighted by atomic mass is 19.3. The van der Waals surface area contributed by atoms with E-state index in [2.05, 4.69) is 41.6 Å². The van der Waals surface area contributed by atoms with Crippen LogP contribution in [0.2, 0.25) is 0 Å². The predicted molar refractivity (Wildman–Crippen MR) is 93.4 cm³/mol. The summed E-state index contributed by atoms with van der Waals surface area (Å²) in [7, 11) is 0. The highest BCUT2D eigenvalue weighted by Crippen LogP contribution is 2.30. The number of alkyl halides is 2. The minimum absolute atomic E-state index is 0.0661. The molecule has 1 atom stereocenters. The number of hydrogen-bond acceptors (Lipinski definition) is 7. The molecule has 1 aliphatic rings. The van der Waals surface area contributed by atoms with E-state index in [1.807, 2.05) is 0 Å². The molecule has 0 amide bonds. The molecule has 0 aliphatic carbocycles. The normalized spacial score (nSPS) is 16.6. The molecule has 3 heterocycles. The number of ether oxygens (including phenoxy) is 1. The molecule has 1 saturated heterocycles. The molecular formula is C17H15F2N7O. The first-order valence-electron chi connectivity index (χ1n) is 8.32. The minimum atomic E-state index is -3.03. The number of rotatable bonds is 5. The van der Waals surface area contributed by atoms with Gasteiger partial charge in [-0.3, -0.25) is 5.10 Å². The fourth-order valence-corrected chi connectivity index (χ4v) is 3.05. The summed E-state index contributed by atoms with van der Waals surface area (Å²) in [5.74, 6) is -0.122. The average molecular weight is 371 g/mol. The summed E-state index contributed by atoms with van der Waals surface area (Å²) in [6.45, 7) is -1.48. The Hall–Kier alpha value is -3.32. The van der Waals surface area contributed by atoms with E-state index in [0.717, 1.165) is 13.0 Å². The Morgan fingerprint density at radius 1 is 1.37 bits per heavy atom. The first kappa shape index (κ1) is 17.1. The number of para-hydroxylation sites is 1. The van der Waals surface area contributed by atoms with E-state index in [-0.39, 0.29) is 17.7 Å². The van der Waals surface area contributed by atoms with Crippen molar-refractivity contribution in [2.24, 2.45) is 0 Å². The van der Waals surface area contributed by atoms with Crippen LogP contribution in [0.15, 0.2) is 24.4 Å². The lowest BCUT2D eigenvalue weighted by Gasteiger charge is -2.15. The third-order valence-electron chi connectivity index (χ3n) is 4.30. The maximum atomic E-state index is 12.9. The largest absolute Gasteiger partial charge is 0.413 e. The Labute approximate surface area is 152 Å². The number of aromatic nitrogens is 4. The van der Waals surface area contributed by atoms with Crippen LogP contribution in [0.25, 0.3) is 22.3 Å². The minimum Gasteiger partial charge on any atom is -0.413 e. The molecule has 3 aromatic rings. The van der Waals surface area contributed by atoms with Crippen molar-refractivity contribution in [1.29, 1.82) is 5.26 Å². The monoisotopic (exact) mass is 371 g/mol. The van der Waals surface area contributed by atoms with Gasteiger partial charge in [0, 0.05) is 18.0 Å². The zero-order valence-corrected chi connectivity index (χ0v) is 14.0. The Balaban J connectivity index is 1.74. The third kappa shape index (κ3) is 3.37. The van der Waals surface area contributed by atoms with Gasteiger partial charge in [0.2, 0.25) is 0 Å². The zero-order chi connectivity index (χ0) is 18.8. The molecule has 3 N–H and O–H groups in total. The molecule has 1 unspecified atom stereocenters. The molecule has 1 aromatic carbocycles. The maximum absolute atomic E-state index is 12.9. The van der Waals surface area contributed by atoms with Gasteiger partial charge in [0.25, 0.3) is 5.88 Å². The van der Waals surface area contributed by atoms with E-state index in [1.165, 1.54) is 6.20 Å². The van der Waals surface area contributed by atoms with Gasteiger partial charge in [0.15, 0.2) is 5.82 Å². The van der Waals surface area contributed by atoms with Crippen molar-refractivity contribution in [1.82, 2.24) is 25.5 Å². The number of nitrogens with zero attached hydrogens (tertiary/aromatic N) is 4. The Kier molecular flexibility index (Phi) is 4.52. The number of hydrogen-bond donors (Lipinski definition) is 3. The second kappa shape index (κ2) is 7.13. The summed E-state index contributed by atoms with van der Waals surface area (Å²) < 4.78 is 30.3. The van der Waals surface area contributed by atoms with Crippen molar-refractivity contribution in [3.63, 3.8) is 0 Å². The number of halogens is 2. The second-order valence-electron chi connectivity index (χ2n) is 6.03. The number of anilines is 1. The van der Waals surface area contributed by atoms with Crippen LogP contribution < -0.4 is 15.4 Å². The number of nitriles is 1. The van der Waals surface area contributed by atoms with Crippen molar-refractivity contribution < 1.29 is 13.5 Å². The van der Waals surface area contributed by atoms with E-state index in [9.17, 15) is 14.0 Å². The lowest BCUT2D eigenvalue weighted by atomic mass is 10.1. The molecule has 0 saturated carbocycles. The molecule has 27 heavy (non-hydrogen) atoms. The van der Waals surface area contributed by atoms with Gasteiger partial charge < -0.3 is 15.4 Å². The van der Waals surface area contributed by atoms with Crippen LogP contribution in [0.3, 0.4) is 0 Å². The molecule has 2 aromatic heterocycles. The van der Waals surface area contributed by atoms with Crippen LogP contribution in [0.4, 0.5) is 14.6 Å². The van der Waals surface area contributed by atoms with Gasteiger partial charge in [-0.25, -0.2) is 9.97 Å². The number of H-pyrrole nitrogens is 1. The Morgan fingerprint density at radius 2 is 2.26 bits per heavy atom. The van der Waals surface area contributed by atoms with Gasteiger partial charge >= 0.3 is 6.61 Å². The molecule has 1 fully saturated rings. The van der Waals surface area contributed by atoms with E-state index in [1.54, 1.807) is 18.2 Å². The number of aromatic amines is 1. The third-order valence-corrected chi connectivity index (χ3v) is 4.30. The molecule has 1 aliphatic heterocycles. The fraction of sp³-hybridized carbons (Fsp3) is 0.294. The van der Waals surface area contributed by atoms with E-state index >= 15 is 0 Å². The van der Waals surface area contributed by atoms with Crippen molar-refractivity contribution in [2.45, 2.75) is 19.1 Å². The van der Waals surface area contributed by atoms with Crippen LogP contribution >= 0.6 is 0 Å². The topological polar surface area (TPSA) is 112 Å². The summed E-state index contributed by atoms with van der Waals surface area (Å²) in [4.78, 5) is 8.43. The zero-order valence-electron chi connectivity index (χ0n) is 14.0. The van der Waals surface area contributed by atoms with Gasteiger partial charge in [-0.05, 0) is 19.0 Å². The van der Waals surface area contributed by atoms with Crippen LogP contribution in [0.1, 0.15) is 12.0 Å². The molecule has 138 valence electrons. The summed E-state index contributed by atoms with van der Waals surface area (Å²) in [6, 6.07) is 7.25. The molecule has 0 bridgehead atoms. The summed E-state index contributed by atoms with van der Waals surface area (Å²) in [6.07, 6.45) is 2.30. The Morgan fingerprint density at radius 3 is 3.00 bits per heavy atom. The summed E-state index contributed by atoms with van der Waals surface area (Å²) in [5.41, 5.74) is 1.65. The summed E-state index contributed by atoms with van der Waals surface area (Å²) >= 11 is 0.